The second-order valence-electron chi connectivity index (χ2n) is 7.15. The van der Waals surface area contributed by atoms with Gasteiger partial charge in [0.2, 0.25) is 0 Å². The largest absolute Gasteiger partial charge is 0.354 e. The van der Waals surface area contributed by atoms with Gasteiger partial charge in [0.1, 0.15) is 17.6 Å². The van der Waals surface area contributed by atoms with Crippen molar-refractivity contribution in [1.29, 1.82) is 5.26 Å². The SMILES string of the molecule is CC(C)(C)c1nc(CN2CCN(c3cccc(C#N)n3)CC2)cs1. The molecule has 0 saturated carbocycles. The molecule has 2 aromatic rings. The minimum absolute atomic E-state index is 0.124. The van der Waals surface area contributed by atoms with Crippen molar-refractivity contribution in [3.63, 3.8) is 0 Å². The van der Waals surface area contributed by atoms with Gasteiger partial charge >= 0.3 is 0 Å². The van der Waals surface area contributed by atoms with Crippen molar-refractivity contribution in [2.24, 2.45) is 0 Å². The van der Waals surface area contributed by atoms with Crippen LogP contribution in [0, 0.1) is 11.3 Å². The Hall–Kier alpha value is -1.97. The van der Waals surface area contributed by atoms with E-state index in [4.69, 9.17) is 10.2 Å². The third-order valence-electron chi connectivity index (χ3n) is 4.12. The van der Waals surface area contributed by atoms with Crippen LogP contribution in [0.2, 0.25) is 0 Å². The van der Waals surface area contributed by atoms with E-state index in [1.807, 2.05) is 12.1 Å². The van der Waals surface area contributed by atoms with Crippen LogP contribution in [0.25, 0.3) is 0 Å². The third kappa shape index (κ3) is 3.92. The number of rotatable bonds is 3. The molecule has 0 unspecified atom stereocenters. The van der Waals surface area contributed by atoms with Crippen molar-refractivity contribution in [3.8, 4) is 6.07 Å². The van der Waals surface area contributed by atoms with E-state index in [0.717, 1.165) is 38.5 Å². The topological polar surface area (TPSA) is 56.1 Å². The highest BCUT2D eigenvalue weighted by molar-refractivity contribution is 7.09. The summed E-state index contributed by atoms with van der Waals surface area (Å²) in [7, 11) is 0. The molecule has 1 saturated heterocycles. The van der Waals surface area contributed by atoms with Crippen LogP contribution in [0.5, 0.6) is 0 Å². The second-order valence-corrected chi connectivity index (χ2v) is 8.01. The molecule has 24 heavy (non-hydrogen) atoms. The van der Waals surface area contributed by atoms with Crippen LogP contribution in [0.4, 0.5) is 5.82 Å². The molecule has 6 heteroatoms. The van der Waals surface area contributed by atoms with E-state index in [1.54, 1.807) is 17.4 Å². The zero-order valence-corrected chi connectivity index (χ0v) is 15.3. The summed E-state index contributed by atoms with van der Waals surface area (Å²) < 4.78 is 0. The van der Waals surface area contributed by atoms with Crippen LogP contribution in [0.3, 0.4) is 0 Å². The number of nitriles is 1. The Balaban J connectivity index is 1.57. The molecular weight excluding hydrogens is 318 g/mol. The van der Waals surface area contributed by atoms with Crippen LogP contribution in [-0.4, -0.2) is 41.0 Å². The lowest BCUT2D eigenvalue weighted by Crippen LogP contribution is -2.46. The maximum Gasteiger partial charge on any atom is 0.142 e. The number of anilines is 1. The van der Waals surface area contributed by atoms with E-state index in [0.29, 0.717) is 5.69 Å². The van der Waals surface area contributed by atoms with Gasteiger partial charge in [-0.15, -0.1) is 11.3 Å². The number of hydrogen-bond donors (Lipinski definition) is 0. The molecule has 3 rings (SSSR count). The summed E-state index contributed by atoms with van der Waals surface area (Å²) in [6.07, 6.45) is 0. The van der Waals surface area contributed by atoms with Crippen LogP contribution in [-0.2, 0) is 12.0 Å². The van der Waals surface area contributed by atoms with Gasteiger partial charge in [-0.1, -0.05) is 26.8 Å². The van der Waals surface area contributed by atoms with E-state index in [2.05, 4.69) is 47.0 Å². The lowest BCUT2D eigenvalue weighted by atomic mass is 9.98. The van der Waals surface area contributed by atoms with Crippen LogP contribution in [0.15, 0.2) is 23.6 Å². The summed E-state index contributed by atoms with van der Waals surface area (Å²) in [6, 6.07) is 7.73. The molecule has 0 spiro atoms. The molecule has 0 N–H and O–H groups in total. The summed E-state index contributed by atoms with van der Waals surface area (Å²) in [6.45, 7) is 11.4. The number of pyridine rings is 1. The number of aromatic nitrogens is 2. The Morgan fingerprint density at radius 1 is 1.17 bits per heavy atom. The minimum atomic E-state index is 0.124. The molecule has 1 fully saturated rings. The predicted octanol–water partition coefficient (Wildman–Crippen LogP) is 3.03. The highest BCUT2D eigenvalue weighted by Crippen LogP contribution is 2.26. The molecule has 0 bridgehead atoms. The zero-order valence-electron chi connectivity index (χ0n) is 14.5. The summed E-state index contributed by atoms with van der Waals surface area (Å²) in [5, 5.41) is 12.4. The van der Waals surface area contributed by atoms with Gasteiger partial charge in [-0.05, 0) is 12.1 Å². The Labute approximate surface area is 147 Å². The second kappa shape index (κ2) is 6.88. The Bertz CT molecular complexity index is 732. The number of nitrogens with zero attached hydrogens (tertiary/aromatic N) is 5. The Kier molecular flexibility index (Phi) is 4.83. The molecule has 126 valence electrons. The van der Waals surface area contributed by atoms with Crippen molar-refractivity contribution in [2.75, 3.05) is 31.1 Å². The predicted molar refractivity (Wildman–Crippen MR) is 97.3 cm³/mol. The molecule has 3 heterocycles. The zero-order chi connectivity index (χ0) is 17.2. The van der Waals surface area contributed by atoms with Crippen LogP contribution >= 0.6 is 11.3 Å². The highest BCUT2D eigenvalue weighted by atomic mass is 32.1. The lowest BCUT2D eigenvalue weighted by Gasteiger charge is -2.35. The summed E-state index contributed by atoms with van der Waals surface area (Å²) in [5.74, 6) is 0.900. The fourth-order valence-corrected chi connectivity index (χ4v) is 3.65. The van der Waals surface area contributed by atoms with Gasteiger partial charge in [0.25, 0.3) is 0 Å². The molecule has 5 nitrogen and oxygen atoms in total. The van der Waals surface area contributed by atoms with E-state index >= 15 is 0 Å². The number of piperazine rings is 1. The first-order valence-electron chi connectivity index (χ1n) is 8.25. The van der Waals surface area contributed by atoms with Crippen molar-refractivity contribution in [2.45, 2.75) is 32.7 Å². The molecule has 0 atom stereocenters. The first-order chi connectivity index (χ1) is 11.5. The molecule has 0 amide bonds. The first kappa shape index (κ1) is 16.9. The van der Waals surface area contributed by atoms with Gasteiger partial charge in [-0.3, -0.25) is 4.90 Å². The van der Waals surface area contributed by atoms with E-state index < -0.39 is 0 Å². The van der Waals surface area contributed by atoms with Gasteiger partial charge < -0.3 is 4.90 Å². The molecule has 1 aliphatic rings. The van der Waals surface area contributed by atoms with E-state index in [9.17, 15) is 0 Å². The Morgan fingerprint density at radius 2 is 1.92 bits per heavy atom. The fourth-order valence-electron chi connectivity index (χ4n) is 2.75. The monoisotopic (exact) mass is 341 g/mol. The van der Waals surface area contributed by atoms with Gasteiger partial charge in [-0.2, -0.15) is 5.26 Å². The van der Waals surface area contributed by atoms with Gasteiger partial charge in [-0.25, -0.2) is 9.97 Å². The van der Waals surface area contributed by atoms with Gasteiger partial charge in [0, 0.05) is 43.5 Å². The van der Waals surface area contributed by atoms with Crippen molar-refractivity contribution in [1.82, 2.24) is 14.9 Å². The van der Waals surface area contributed by atoms with Crippen LogP contribution in [0.1, 0.15) is 37.2 Å². The van der Waals surface area contributed by atoms with E-state index in [-0.39, 0.29) is 5.41 Å². The maximum atomic E-state index is 8.98. The van der Waals surface area contributed by atoms with Gasteiger partial charge in [0.05, 0.1) is 10.7 Å². The smallest absolute Gasteiger partial charge is 0.142 e. The number of hydrogen-bond acceptors (Lipinski definition) is 6. The standard InChI is InChI=1S/C18H23N5S/c1-18(2,3)17-21-15(13-24-17)12-22-7-9-23(10-8-22)16-6-4-5-14(11-19)20-16/h4-6,13H,7-10,12H2,1-3H3. The molecule has 1 aliphatic heterocycles. The highest BCUT2D eigenvalue weighted by Gasteiger charge is 2.21. The van der Waals surface area contributed by atoms with Gasteiger partial charge in [0.15, 0.2) is 0 Å². The fraction of sp³-hybridized carbons (Fsp3) is 0.500. The third-order valence-corrected chi connectivity index (χ3v) is 5.44. The maximum absolute atomic E-state index is 8.98. The average Bonchev–Trinajstić information content (AvgIpc) is 3.04. The number of thiazole rings is 1. The normalized spacial score (nSPS) is 16.2. The average molecular weight is 341 g/mol. The quantitative estimate of drug-likeness (QED) is 0.859. The van der Waals surface area contributed by atoms with Crippen molar-refractivity contribution < 1.29 is 0 Å². The molecule has 2 aromatic heterocycles. The summed E-state index contributed by atoms with van der Waals surface area (Å²) >= 11 is 1.76. The minimum Gasteiger partial charge on any atom is -0.354 e. The van der Waals surface area contributed by atoms with E-state index in [1.165, 1.54) is 10.7 Å². The molecule has 0 radical (unpaired) electrons. The molecular formula is C18H23N5S. The summed E-state index contributed by atoms with van der Waals surface area (Å²) in [5.41, 5.74) is 1.77. The molecule has 0 aromatic carbocycles. The van der Waals surface area contributed by atoms with Crippen LogP contribution < -0.4 is 4.90 Å². The molecule has 0 aliphatic carbocycles. The van der Waals surface area contributed by atoms with Crippen molar-refractivity contribution in [3.05, 3.63) is 40.0 Å². The summed E-state index contributed by atoms with van der Waals surface area (Å²) in [4.78, 5) is 13.9. The Morgan fingerprint density at radius 3 is 2.54 bits per heavy atom. The first-order valence-corrected chi connectivity index (χ1v) is 9.13. The van der Waals surface area contributed by atoms with Crippen molar-refractivity contribution >= 4 is 17.2 Å². The lowest BCUT2D eigenvalue weighted by molar-refractivity contribution is 0.246.